The van der Waals surface area contributed by atoms with E-state index in [-0.39, 0.29) is 11.9 Å². The number of hydrogen-bond donors (Lipinski definition) is 1. The van der Waals surface area contributed by atoms with Gasteiger partial charge < -0.3 is 10.6 Å². The first-order valence-electron chi connectivity index (χ1n) is 7.03. The Morgan fingerprint density at radius 2 is 2.00 bits per heavy atom. The van der Waals surface area contributed by atoms with E-state index in [1.165, 1.54) is 6.07 Å². The molecule has 3 nitrogen and oxygen atoms in total. The molecule has 0 fully saturated rings. The second-order valence-electron chi connectivity index (χ2n) is 5.20. The number of halogens is 2. The van der Waals surface area contributed by atoms with E-state index in [4.69, 9.17) is 5.73 Å². The van der Waals surface area contributed by atoms with Crippen LogP contribution in [0.25, 0.3) is 0 Å². The van der Waals surface area contributed by atoms with Crippen LogP contribution in [0.15, 0.2) is 22.7 Å². The summed E-state index contributed by atoms with van der Waals surface area (Å²) in [6.07, 6.45) is 1.05. The van der Waals surface area contributed by atoms with Crippen molar-refractivity contribution in [2.24, 2.45) is 5.73 Å². The van der Waals surface area contributed by atoms with Gasteiger partial charge in [0.2, 0.25) is 0 Å². The number of rotatable bonds is 8. The molecule has 0 spiro atoms. The molecule has 0 saturated carbocycles. The summed E-state index contributed by atoms with van der Waals surface area (Å²) in [5.41, 5.74) is 6.57. The van der Waals surface area contributed by atoms with Gasteiger partial charge in [-0.05, 0) is 51.8 Å². The van der Waals surface area contributed by atoms with Gasteiger partial charge in [-0.25, -0.2) is 4.39 Å². The van der Waals surface area contributed by atoms with Crippen LogP contribution in [-0.2, 0) is 0 Å². The molecule has 1 aromatic rings. The monoisotopic (exact) mass is 345 g/mol. The lowest BCUT2D eigenvalue weighted by Gasteiger charge is -2.31. The van der Waals surface area contributed by atoms with Crippen LogP contribution in [0.3, 0.4) is 0 Å². The van der Waals surface area contributed by atoms with Crippen LogP contribution < -0.4 is 5.73 Å². The predicted octanol–water partition coefficient (Wildman–Crippen LogP) is 2.86. The second kappa shape index (κ2) is 8.72. The summed E-state index contributed by atoms with van der Waals surface area (Å²) < 4.78 is 14.9. The molecule has 1 rings (SSSR count). The average Bonchev–Trinajstić information content (AvgIpc) is 2.41. The molecule has 0 amide bonds. The molecule has 2 N–H and O–H groups in total. The molecule has 1 aromatic carbocycles. The van der Waals surface area contributed by atoms with Gasteiger partial charge in [-0.2, -0.15) is 0 Å². The van der Waals surface area contributed by atoms with Crippen LogP contribution in [0.2, 0.25) is 0 Å². The number of likely N-dealkylation sites (N-methyl/N-ethyl adjacent to an activating group) is 1. The fourth-order valence-electron chi connectivity index (χ4n) is 2.37. The van der Waals surface area contributed by atoms with Crippen LogP contribution in [-0.4, -0.2) is 50.1 Å². The van der Waals surface area contributed by atoms with Gasteiger partial charge in [-0.3, -0.25) is 4.90 Å². The lowest BCUT2D eigenvalue weighted by Crippen LogP contribution is -2.36. The Bertz CT molecular complexity index is 412. The van der Waals surface area contributed by atoms with E-state index in [9.17, 15) is 4.39 Å². The van der Waals surface area contributed by atoms with Gasteiger partial charge in [-0.1, -0.05) is 22.9 Å². The van der Waals surface area contributed by atoms with Gasteiger partial charge in [-0.15, -0.1) is 0 Å². The maximum absolute atomic E-state index is 14.0. The Balaban J connectivity index is 2.82. The molecule has 0 aliphatic carbocycles. The molecule has 1 unspecified atom stereocenters. The number of benzene rings is 1. The highest BCUT2D eigenvalue weighted by Gasteiger charge is 2.20. The van der Waals surface area contributed by atoms with Crippen molar-refractivity contribution < 1.29 is 4.39 Å². The lowest BCUT2D eigenvalue weighted by molar-refractivity contribution is 0.198. The molecule has 0 radical (unpaired) electrons. The van der Waals surface area contributed by atoms with Crippen molar-refractivity contribution in [3.8, 4) is 0 Å². The second-order valence-corrected chi connectivity index (χ2v) is 6.12. The van der Waals surface area contributed by atoms with Crippen LogP contribution in [0.5, 0.6) is 0 Å². The largest absolute Gasteiger partial charge is 0.329 e. The van der Waals surface area contributed by atoms with Crippen molar-refractivity contribution in [3.05, 3.63) is 34.1 Å². The Hall–Kier alpha value is -0.490. The molecule has 1 atom stereocenters. The molecule has 0 aliphatic rings. The number of nitrogens with zero attached hydrogens (tertiary/aromatic N) is 2. The van der Waals surface area contributed by atoms with E-state index in [1.807, 2.05) is 6.07 Å². The van der Waals surface area contributed by atoms with Crippen molar-refractivity contribution in [1.82, 2.24) is 9.80 Å². The highest BCUT2D eigenvalue weighted by molar-refractivity contribution is 9.10. The average molecular weight is 346 g/mol. The fourth-order valence-corrected chi connectivity index (χ4v) is 2.75. The first kappa shape index (κ1) is 17.6. The normalized spacial score (nSPS) is 13.2. The third-order valence-corrected chi connectivity index (χ3v) is 3.93. The Morgan fingerprint density at radius 3 is 2.55 bits per heavy atom. The molecule has 0 bridgehead atoms. The fraction of sp³-hybridized carbons (Fsp3) is 0.600. The zero-order chi connectivity index (χ0) is 15.1. The third kappa shape index (κ3) is 5.13. The summed E-state index contributed by atoms with van der Waals surface area (Å²) in [6.45, 7) is 5.32. The molecular formula is C15H25BrFN3. The molecule has 0 aliphatic heterocycles. The molecule has 114 valence electrons. The first-order chi connectivity index (χ1) is 9.49. The standard InChI is InChI=1S/C15H25BrFN3/c1-4-20(9-5-8-19(2)3)15(11-18)13-10-12(16)6-7-14(13)17/h6-7,10,15H,4-5,8-9,11,18H2,1-3H3. The van der Waals surface area contributed by atoms with E-state index >= 15 is 0 Å². The maximum atomic E-state index is 14.0. The van der Waals surface area contributed by atoms with Gasteiger partial charge >= 0.3 is 0 Å². The van der Waals surface area contributed by atoms with E-state index in [0.29, 0.717) is 12.1 Å². The summed E-state index contributed by atoms with van der Waals surface area (Å²) in [4.78, 5) is 4.40. The Labute approximate surface area is 130 Å². The minimum atomic E-state index is -0.185. The predicted molar refractivity (Wildman–Crippen MR) is 86.3 cm³/mol. The van der Waals surface area contributed by atoms with Crippen molar-refractivity contribution in [3.63, 3.8) is 0 Å². The summed E-state index contributed by atoms with van der Waals surface area (Å²) in [5, 5.41) is 0. The van der Waals surface area contributed by atoms with Gasteiger partial charge in [0.05, 0.1) is 0 Å². The number of nitrogens with two attached hydrogens (primary N) is 1. The van der Waals surface area contributed by atoms with Gasteiger partial charge in [0, 0.05) is 29.2 Å². The topological polar surface area (TPSA) is 32.5 Å². The lowest BCUT2D eigenvalue weighted by atomic mass is 10.0. The van der Waals surface area contributed by atoms with E-state index in [0.717, 1.165) is 30.5 Å². The SMILES string of the molecule is CCN(CCCN(C)C)C(CN)c1cc(Br)ccc1F. The third-order valence-electron chi connectivity index (χ3n) is 3.44. The summed E-state index contributed by atoms with van der Waals surface area (Å²) >= 11 is 3.40. The highest BCUT2D eigenvalue weighted by Crippen LogP contribution is 2.25. The van der Waals surface area contributed by atoms with Crippen molar-refractivity contribution in [1.29, 1.82) is 0 Å². The molecular weight excluding hydrogens is 321 g/mol. The summed E-state index contributed by atoms with van der Waals surface area (Å²) in [5.74, 6) is -0.185. The number of hydrogen-bond acceptors (Lipinski definition) is 3. The van der Waals surface area contributed by atoms with Gasteiger partial charge in [0.1, 0.15) is 5.82 Å². The quantitative estimate of drug-likeness (QED) is 0.786. The smallest absolute Gasteiger partial charge is 0.128 e. The van der Waals surface area contributed by atoms with Gasteiger partial charge in [0.25, 0.3) is 0 Å². The minimum absolute atomic E-state index is 0.0698. The first-order valence-corrected chi connectivity index (χ1v) is 7.82. The molecule has 20 heavy (non-hydrogen) atoms. The molecule has 0 aromatic heterocycles. The zero-order valence-corrected chi connectivity index (χ0v) is 14.2. The van der Waals surface area contributed by atoms with E-state index in [1.54, 1.807) is 6.07 Å². The van der Waals surface area contributed by atoms with Crippen molar-refractivity contribution in [2.75, 3.05) is 40.3 Å². The van der Waals surface area contributed by atoms with Crippen molar-refractivity contribution in [2.45, 2.75) is 19.4 Å². The maximum Gasteiger partial charge on any atom is 0.128 e. The van der Waals surface area contributed by atoms with Crippen molar-refractivity contribution >= 4 is 15.9 Å². The molecule has 0 saturated heterocycles. The van der Waals surface area contributed by atoms with E-state index in [2.05, 4.69) is 46.7 Å². The highest BCUT2D eigenvalue weighted by atomic mass is 79.9. The van der Waals surface area contributed by atoms with Crippen LogP contribution in [0, 0.1) is 5.82 Å². The van der Waals surface area contributed by atoms with Crippen LogP contribution in [0.4, 0.5) is 4.39 Å². The van der Waals surface area contributed by atoms with E-state index < -0.39 is 0 Å². The van der Waals surface area contributed by atoms with Gasteiger partial charge in [0.15, 0.2) is 0 Å². The summed E-state index contributed by atoms with van der Waals surface area (Å²) in [7, 11) is 4.12. The molecule has 0 heterocycles. The Morgan fingerprint density at radius 1 is 1.30 bits per heavy atom. The van der Waals surface area contributed by atoms with Crippen LogP contribution in [0.1, 0.15) is 24.9 Å². The summed E-state index contributed by atoms with van der Waals surface area (Å²) in [6, 6.07) is 4.98. The minimum Gasteiger partial charge on any atom is -0.329 e. The zero-order valence-electron chi connectivity index (χ0n) is 12.6. The van der Waals surface area contributed by atoms with Crippen LogP contribution >= 0.6 is 15.9 Å². The Kier molecular flexibility index (Phi) is 7.66. The molecule has 5 heteroatoms.